The van der Waals surface area contributed by atoms with Crippen molar-refractivity contribution >= 4 is 17.7 Å². The fourth-order valence-electron chi connectivity index (χ4n) is 6.24. The third-order valence-corrected chi connectivity index (χ3v) is 9.01. The van der Waals surface area contributed by atoms with Gasteiger partial charge in [-0.15, -0.1) is 0 Å². The lowest BCUT2D eigenvalue weighted by Crippen LogP contribution is -2.45. The van der Waals surface area contributed by atoms with Crippen molar-refractivity contribution in [2.45, 2.75) is 32.5 Å². The van der Waals surface area contributed by atoms with Crippen molar-refractivity contribution < 1.29 is 28.6 Å². The second-order valence-electron chi connectivity index (χ2n) is 12.5. The maximum absolute atomic E-state index is 14.0. The molecule has 2 N–H and O–H groups in total. The Morgan fingerprint density at radius 1 is 0.941 bits per heavy atom. The van der Waals surface area contributed by atoms with Crippen LogP contribution in [0.15, 0.2) is 91.4 Å². The number of benzene rings is 3. The van der Waals surface area contributed by atoms with Gasteiger partial charge in [-0.05, 0) is 84.6 Å². The number of aromatic nitrogens is 3. The fourth-order valence-corrected chi connectivity index (χ4v) is 6.24. The number of hydrogen-bond donors (Lipinski definition) is 2. The molecule has 0 saturated carbocycles. The van der Waals surface area contributed by atoms with E-state index in [1.807, 2.05) is 49.4 Å². The van der Waals surface area contributed by atoms with Crippen LogP contribution in [-0.2, 0) is 11.3 Å². The van der Waals surface area contributed by atoms with Crippen molar-refractivity contribution in [3.05, 3.63) is 119 Å². The molecule has 12 heteroatoms. The van der Waals surface area contributed by atoms with E-state index in [-0.39, 0.29) is 44.0 Å². The Hall–Kier alpha value is -6.30. The van der Waals surface area contributed by atoms with E-state index in [0.717, 1.165) is 27.8 Å². The number of ether oxygens (including phenoxy) is 3. The van der Waals surface area contributed by atoms with Crippen molar-refractivity contribution in [2.24, 2.45) is 0 Å². The largest absolute Gasteiger partial charge is 0.493 e. The first-order chi connectivity index (χ1) is 24.7. The molecule has 1 fully saturated rings. The van der Waals surface area contributed by atoms with E-state index in [4.69, 9.17) is 14.2 Å². The summed E-state index contributed by atoms with van der Waals surface area (Å²) in [6.45, 7) is 4.18. The van der Waals surface area contributed by atoms with Crippen molar-refractivity contribution in [2.75, 3.05) is 26.8 Å². The van der Waals surface area contributed by atoms with Crippen LogP contribution in [0.2, 0.25) is 0 Å². The third-order valence-electron chi connectivity index (χ3n) is 9.01. The minimum Gasteiger partial charge on any atom is -0.493 e. The van der Waals surface area contributed by atoms with Gasteiger partial charge in [0, 0.05) is 42.8 Å². The molecule has 0 aliphatic carbocycles. The lowest BCUT2D eigenvalue weighted by atomic mass is 9.97. The summed E-state index contributed by atoms with van der Waals surface area (Å²) in [6, 6.07) is 21.3. The number of likely N-dealkylation sites (tertiary alicyclic amines) is 1. The summed E-state index contributed by atoms with van der Waals surface area (Å²) >= 11 is 0. The van der Waals surface area contributed by atoms with Gasteiger partial charge in [0.1, 0.15) is 11.9 Å². The monoisotopic (exact) mass is 684 g/mol. The van der Waals surface area contributed by atoms with Gasteiger partial charge < -0.3 is 29.7 Å². The predicted octanol–water partition coefficient (Wildman–Crippen LogP) is 4.54. The quantitative estimate of drug-likeness (QED) is 0.280. The van der Waals surface area contributed by atoms with Crippen molar-refractivity contribution in [1.82, 2.24) is 30.5 Å². The van der Waals surface area contributed by atoms with E-state index >= 15 is 0 Å². The van der Waals surface area contributed by atoms with Crippen LogP contribution >= 0.6 is 0 Å². The smallest absolute Gasteiger partial charge is 0.258 e. The summed E-state index contributed by atoms with van der Waals surface area (Å²) < 4.78 is 18.0. The van der Waals surface area contributed by atoms with Crippen molar-refractivity contribution in [3.8, 4) is 39.8 Å². The summed E-state index contributed by atoms with van der Waals surface area (Å²) in [5.41, 5.74) is 5.49. The zero-order chi connectivity index (χ0) is 35.5. The van der Waals surface area contributed by atoms with Gasteiger partial charge in [0.25, 0.3) is 17.7 Å². The average molecular weight is 685 g/mol. The number of hydrogen-bond acceptors (Lipinski definition) is 9. The molecular formula is C39H36N6O6. The minimum absolute atomic E-state index is 0.165. The summed E-state index contributed by atoms with van der Waals surface area (Å²) in [4.78, 5) is 55.4. The highest BCUT2D eigenvalue weighted by Crippen LogP contribution is 2.32. The van der Waals surface area contributed by atoms with Gasteiger partial charge in [-0.3, -0.25) is 19.4 Å². The molecule has 0 unspecified atom stereocenters. The van der Waals surface area contributed by atoms with Crippen molar-refractivity contribution in [1.29, 1.82) is 0 Å². The van der Waals surface area contributed by atoms with Crippen LogP contribution in [0, 0.1) is 13.8 Å². The van der Waals surface area contributed by atoms with Crippen LogP contribution < -0.4 is 24.8 Å². The zero-order valence-corrected chi connectivity index (χ0v) is 28.4. The second kappa shape index (κ2) is 14.3. The molecule has 12 nitrogen and oxygen atoms in total. The molecule has 3 aliphatic heterocycles. The van der Waals surface area contributed by atoms with Gasteiger partial charge in [-0.25, -0.2) is 9.97 Å². The maximum Gasteiger partial charge on any atom is 0.258 e. The third kappa shape index (κ3) is 7.20. The van der Waals surface area contributed by atoms with Gasteiger partial charge >= 0.3 is 0 Å². The topological polar surface area (TPSA) is 145 Å². The first-order valence-electron chi connectivity index (χ1n) is 16.5. The number of rotatable bonds is 3. The number of nitrogens with zero attached hydrogens (tertiary/aromatic N) is 4. The highest BCUT2D eigenvalue weighted by molar-refractivity contribution is 5.97. The summed E-state index contributed by atoms with van der Waals surface area (Å²) in [6.07, 6.45) is 4.24. The summed E-state index contributed by atoms with van der Waals surface area (Å²) in [7, 11) is 1.53. The fraction of sp³-hybridized carbons (Fsp3) is 0.231. The summed E-state index contributed by atoms with van der Waals surface area (Å²) in [5, 5.41) is 6.02. The molecule has 2 atom stereocenters. The van der Waals surface area contributed by atoms with Crippen LogP contribution in [0.4, 0.5) is 0 Å². The molecule has 5 aromatic rings. The molecule has 6 bridgehead atoms. The Morgan fingerprint density at radius 2 is 1.80 bits per heavy atom. The standard InChI is InChI=1S/C39H36N6O6/c1-23-9-11-27-16-30(23)26-6-4-8-29(15-26)50-22-36(46)41-17-25-10-12-33(34(14-25)49-3)51-35-21-45(20-32(35)44-38(27)47)39(48)31-19-42-37(43-24(31)2)28-7-5-13-40-18-28/h4-16,18-19,32,35H,17,20-22H2,1-3H3,(H,41,46)(H,44,47)/t32-,35-/m0/s1. The molecule has 3 aliphatic rings. The SMILES string of the molecule is COc1cc2ccc1O[C@H]1CN(C(=O)c3cnc(-c4cccnc4)nc3C)C[C@@H]1NC(=O)c1ccc(C)c(c1)-c1cccc(c1)OCC(=O)NC2. The van der Waals surface area contributed by atoms with Gasteiger partial charge in [-0.2, -0.15) is 0 Å². The van der Waals surface area contributed by atoms with E-state index in [9.17, 15) is 14.4 Å². The van der Waals surface area contributed by atoms with Gasteiger partial charge in [0.2, 0.25) is 0 Å². The number of pyridine rings is 1. The molecule has 0 radical (unpaired) electrons. The van der Waals surface area contributed by atoms with Crippen LogP contribution in [0.25, 0.3) is 22.5 Å². The van der Waals surface area contributed by atoms with E-state index in [1.165, 1.54) is 13.3 Å². The highest BCUT2D eigenvalue weighted by Gasteiger charge is 2.39. The summed E-state index contributed by atoms with van der Waals surface area (Å²) in [5.74, 6) is 0.996. The molecule has 8 rings (SSSR count). The molecule has 258 valence electrons. The number of fused-ring (bicyclic) bond motifs is 7. The molecule has 51 heavy (non-hydrogen) atoms. The van der Waals surface area contributed by atoms with Gasteiger partial charge in [-0.1, -0.05) is 24.3 Å². The Morgan fingerprint density at radius 3 is 2.61 bits per heavy atom. The highest BCUT2D eigenvalue weighted by atomic mass is 16.5. The molecule has 3 aromatic carbocycles. The second-order valence-corrected chi connectivity index (χ2v) is 12.5. The zero-order valence-electron chi connectivity index (χ0n) is 28.4. The van der Waals surface area contributed by atoms with E-state index in [0.29, 0.717) is 39.9 Å². The molecule has 2 aromatic heterocycles. The number of aryl methyl sites for hydroxylation is 2. The number of carbonyl (C=O) groups excluding carboxylic acids is 3. The number of methoxy groups -OCH3 is 1. The number of carbonyl (C=O) groups is 3. The Bertz CT molecular complexity index is 2120. The Kier molecular flexibility index (Phi) is 9.30. The van der Waals surface area contributed by atoms with E-state index < -0.39 is 12.1 Å². The molecule has 0 spiro atoms. The van der Waals surface area contributed by atoms with Gasteiger partial charge in [0.05, 0.1) is 31.0 Å². The normalized spacial score (nSPS) is 17.4. The van der Waals surface area contributed by atoms with Gasteiger partial charge in [0.15, 0.2) is 23.9 Å². The van der Waals surface area contributed by atoms with Crippen molar-refractivity contribution in [3.63, 3.8) is 0 Å². The van der Waals surface area contributed by atoms with Crippen LogP contribution in [0.3, 0.4) is 0 Å². The Balaban J connectivity index is 1.22. The number of nitrogens with one attached hydrogen (secondary N) is 2. The predicted molar refractivity (Wildman–Crippen MR) is 189 cm³/mol. The van der Waals surface area contributed by atoms with Crippen LogP contribution in [0.1, 0.15) is 37.5 Å². The maximum atomic E-state index is 14.0. The molecule has 5 heterocycles. The lowest BCUT2D eigenvalue weighted by molar-refractivity contribution is -0.123. The van der Waals surface area contributed by atoms with Crippen LogP contribution in [-0.4, -0.2) is 76.5 Å². The van der Waals surface area contributed by atoms with Crippen LogP contribution in [0.5, 0.6) is 17.2 Å². The van der Waals surface area contributed by atoms with E-state index in [2.05, 4.69) is 25.6 Å². The Labute approximate surface area is 294 Å². The molecule has 3 amide bonds. The first kappa shape index (κ1) is 33.2. The first-order valence-corrected chi connectivity index (χ1v) is 16.5. The molecule has 1 saturated heterocycles. The molecular weight excluding hydrogens is 648 g/mol. The minimum atomic E-state index is -0.627. The van der Waals surface area contributed by atoms with E-state index in [1.54, 1.807) is 54.5 Å². The number of amides is 3. The lowest BCUT2D eigenvalue weighted by Gasteiger charge is -2.23. The average Bonchev–Trinajstić information content (AvgIpc) is 3.55.